The Morgan fingerprint density at radius 2 is 2.11 bits per heavy atom. The number of hydrogen-bond donors (Lipinski definition) is 1. The molecule has 4 nitrogen and oxygen atoms in total. The second-order valence-electron chi connectivity index (χ2n) is 3.38. The van der Waals surface area contributed by atoms with Crippen LogP contribution in [0.5, 0.6) is 11.6 Å². The number of nitriles is 1. The third kappa shape index (κ3) is 2.57. The number of anilines is 1. The number of nitrogen functional groups attached to an aromatic ring is 1. The Kier molecular flexibility index (Phi) is 3.44. The van der Waals surface area contributed by atoms with Crippen LogP contribution in [0.3, 0.4) is 0 Å². The van der Waals surface area contributed by atoms with Gasteiger partial charge in [0.1, 0.15) is 17.6 Å². The topological polar surface area (TPSA) is 71.9 Å². The maximum atomic E-state index is 13.3. The first-order valence-corrected chi connectivity index (χ1v) is 5.69. The fraction of sp³-hybridized carbons (Fsp3) is 0. The summed E-state index contributed by atoms with van der Waals surface area (Å²) in [6.07, 6.45) is 0. The minimum absolute atomic E-state index is 0.0742. The van der Waals surface area contributed by atoms with Gasteiger partial charge in [0.05, 0.1) is 10.2 Å². The van der Waals surface area contributed by atoms with Crippen molar-refractivity contribution >= 4 is 21.6 Å². The highest BCUT2D eigenvalue weighted by atomic mass is 79.9. The molecular formula is C12H7BrFN3O. The molecule has 0 fully saturated rings. The lowest BCUT2D eigenvalue weighted by molar-refractivity contribution is 0.457. The maximum absolute atomic E-state index is 13.3. The molecule has 6 heteroatoms. The van der Waals surface area contributed by atoms with E-state index in [2.05, 4.69) is 20.9 Å². The predicted octanol–water partition coefficient (Wildman–Crippen LogP) is 3.23. The van der Waals surface area contributed by atoms with Gasteiger partial charge in [-0.05, 0) is 34.1 Å². The summed E-state index contributed by atoms with van der Waals surface area (Å²) in [5, 5.41) is 8.78. The summed E-state index contributed by atoms with van der Waals surface area (Å²) in [7, 11) is 0. The van der Waals surface area contributed by atoms with E-state index >= 15 is 0 Å². The lowest BCUT2D eigenvalue weighted by atomic mass is 10.3. The van der Waals surface area contributed by atoms with Gasteiger partial charge in [0.15, 0.2) is 5.69 Å². The molecule has 18 heavy (non-hydrogen) atoms. The van der Waals surface area contributed by atoms with Crippen molar-refractivity contribution in [2.45, 2.75) is 0 Å². The van der Waals surface area contributed by atoms with Crippen molar-refractivity contribution in [2.24, 2.45) is 0 Å². The van der Waals surface area contributed by atoms with Gasteiger partial charge in [-0.15, -0.1) is 0 Å². The lowest BCUT2D eigenvalue weighted by Gasteiger charge is -2.06. The van der Waals surface area contributed by atoms with Gasteiger partial charge >= 0.3 is 0 Å². The quantitative estimate of drug-likeness (QED) is 0.924. The minimum Gasteiger partial charge on any atom is -0.439 e. The first-order valence-electron chi connectivity index (χ1n) is 4.89. The average Bonchev–Trinajstić information content (AvgIpc) is 2.36. The first kappa shape index (κ1) is 12.3. The van der Waals surface area contributed by atoms with Gasteiger partial charge in [-0.3, -0.25) is 0 Å². The zero-order valence-corrected chi connectivity index (χ0v) is 10.6. The predicted molar refractivity (Wildman–Crippen MR) is 67.5 cm³/mol. The van der Waals surface area contributed by atoms with Crippen LogP contribution < -0.4 is 10.5 Å². The van der Waals surface area contributed by atoms with Crippen LogP contribution in [0.2, 0.25) is 0 Å². The number of nitrogens with two attached hydrogens (primary N) is 1. The van der Waals surface area contributed by atoms with Crippen molar-refractivity contribution < 1.29 is 9.13 Å². The molecular weight excluding hydrogens is 301 g/mol. The van der Waals surface area contributed by atoms with Crippen LogP contribution in [-0.2, 0) is 0 Å². The highest BCUT2D eigenvalue weighted by Crippen LogP contribution is 2.25. The van der Waals surface area contributed by atoms with Crippen molar-refractivity contribution in [3.63, 3.8) is 0 Å². The van der Waals surface area contributed by atoms with Crippen LogP contribution in [0.1, 0.15) is 5.69 Å². The van der Waals surface area contributed by atoms with Crippen LogP contribution in [0.4, 0.5) is 10.1 Å². The summed E-state index contributed by atoms with van der Waals surface area (Å²) in [4.78, 5) is 3.90. The van der Waals surface area contributed by atoms with Gasteiger partial charge in [-0.25, -0.2) is 9.37 Å². The molecule has 2 aromatic rings. The molecule has 1 heterocycles. The van der Waals surface area contributed by atoms with Crippen LogP contribution >= 0.6 is 15.9 Å². The van der Waals surface area contributed by atoms with E-state index in [1.165, 1.54) is 24.3 Å². The largest absolute Gasteiger partial charge is 0.439 e. The number of aromatic nitrogens is 1. The fourth-order valence-corrected chi connectivity index (χ4v) is 1.51. The highest BCUT2D eigenvalue weighted by molar-refractivity contribution is 9.10. The molecule has 2 rings (SSSR count). The fourth-order valence-electron chi connectivity index (χ4n) is 1.26. The Hall–Kier alpha value is -2.13. The van der Waals surface area contributed by atoms with E-state index in [4.69, 9.17) is 15.7 Å². The molecule has 0 saturated heterocycles. The molecule has 2 N–H and O–H groups in total. The van der Waals surface area contributed by atoms with Crippen molar-refractivity contribution in [2.75, 3.05) is 5.73 Å². The van der Waals surface area contributed by atoms with Crippen LogP contribution in [0, 0.1) is 17.1 Å². The number of halogens is 2. The molecule has 0 unspecified atom stereocenters. The van der Waals surface area contributed by atoms with Crippen molar-refractivity contribution in [3.05, 3.63) is 46.3 Å². The molecule has 0 amide bonds. The van der Waals surface area contributed by atoms with Gasteiger partial charge in [-0.2, -0.15) is 5.26 Å². The Balaban J connectivity index is 2.29. The normalized spacial score (nSPS) is 9.83. The summed E-state index contributed by atoms with van der Waals surface area (Å²) in [6, 6.07) is 9.18. The maximum Gasteiger partial charge on any atom is 0.220 e. The van der Waals surface area contributed by atoms with E-state index < -0.39 is 5.82 Å². The van der Waals surface area contributed by atoms with E-state index in [1.807, 2.05) is 6.07 Å². The summed E-state index contributed by atoms with van der Waals surface area (Å²) < 4.78 is 19.0. The molecule has 1 aromatic carbocycles. The third-order valence-corrected chi connectivity index (χ3v) is 2.76. The smallest absolute Gasteiger partial charge is 0.220 e. The number of rotatable bonds is 2. The molecule has 90 valence electrons. The van der Waals surface area contributed by atoms with Crippen molar-refractivity contribution in [3.8, 4) is 17.7 Å². The molecule has 0 bridgehead atoms. The molecule has 0 saturated carbocycles. The molecule has 0 spiro atoms. The van der Waals surface area contributed by atoms with Gasteiger partial charge in [0.25, 0.3) is 0 Å². The number of nitrogens with zero attached hydrogens (tertiary/aromatic N) is 2. The summed E-state index contributed by atoms with van der Waals surface area (Å²) in [6.45, 7) is 0. The van der Waals surface area contributed by atoms with E-state index in [0.29, 0.717) is 4.47 Å². The Bertz CT molecular complexity index is 640. The summed E-state index contributed by atoms with van der Waals surface area (Å²) in [5.74, 6) is 0.0304. The lowest BCUT2D eigenvalue weighted by Crippen LogP contribution is -1.96. The van der Waals surface area contributed by atoms with Crippen LogP contribution in [-0.4, -0.2) is 4.98 Å². The summed E-state index contributed by atoms with van der Waals surface area (Å²) >= 11 is 3.04. The van der Waals surface area contributed by atoms with E-state index in [1.54, 1.807) is 6.07 Å². The highest BCUT2D eigenvalue weighted by Gasteiger charge is 2.06. The second kappa shape index (κ2) is 5.02. The zero-order chi connectivity index (χ0) is 13.1. The Labute approximate surface area is 111 Å². The van der Waals surface area contributed by atoms with Crippen molar-refractivity contribution in [1.82, 2.24) is 4.98 Å². The van der Waals surface area contributed by atoms with Gasteiger partial charge in [0, 0.05) is 12.1 Å². The Morgan fingerprint density at radius 1 is 1.33 bits per heavy atom. The standard InChI is InChI=1S/C12H7BrFN3O/c13-8-2-1-7(5-9(8)14)18-12-4-3-10(16)11(6-15)17-12/h1-5H,16H2. The van der Waals surface area contributed by atoms with Crippen LogP contribution in [0.25, 0.3) is 0 Å². The number of hydrogen-bond acceptors (Lipinski definition) is 4. The molecule has 0 aliphatic carbocycles. The molecule has 0 aliphatic rings. The molecule has 0 aliphatic heterocycles. The minimum atomic E-state index is -0.441. The van der Waals surface area contributed by atoms with Gasteiger partial charge in [0.2, 0.25) is 5.88 Å². The SMILES string of the molecule is N#Cc1nc(Oc2ccc(Br)c(F)c2)ccc1N. The van der Waals surface area contributed by atoms with E-state index in [-0.39, 0.29) is 23.0 Å². The van der Waals surface area contributed by atoms with Gasteiger partial charge < -0.3 is 10.5 Å². The average molecular weight is 308 g/mol. The van der Waals surface area contributed by atoms with Crippen LogP contribution in [0.15, 0.2) is 34.8 Å². The molecule has 0 radical (unpaired) electrons. The van der Waals surface area contributed by atoms with Gasteiger partial charge in [-0.1, -0.05) is 0 Å². The van der Waals surface area contributed by atoms with E-state index in [9.17, 15) is 4.39 Å². The number of benzene rings is 1. The number of pyridine rings is 1. The number of ether oxygens (including phenoxy) is 1. The summed E-state index contributed by atoms with van der Waals surface area (Å²) in [5.41, 5.74) is 5.87. The van der Waals surface area contributed by atoms with Crippen molar-refractivity contribution in [1.29, 1.82) is 5.26 Å². The third-order valence-electron chi connectivity index (χ3n) is 2.12. The zero-order valence-electron chi connectivity index (χ0n) is 9.02. The Morgan fingerprint density at radius 3 is 2.78 bits per heavy atom. The van der Waals surface area contributed by atoms with E-state index in [0.717, 1.165) is 0 Å². The molecule has 0 atom stereocenters. The first-order chi connectivity index (χ1) is 8.60. The second-order valence-corrected chi connectivity index (χ2v) is 4.23. The molecule has 1 aromatic heterocycles. The monoisotopic (exact) mass is 307 g/mol.